The Bertz CT molecular complexity index is 547. The Balaban J connectivity index is 2.50. The fourth-order valence-corrected chi connectivity index (χ4v) is 1.72. The molecule has 0 saturated heterocycles. The molecule has 0 saturated carbocycles. The lowest BCUT2D eigenvalue weighted by molar-refractivity contribution is -0.530. The number of benzene rings is 1. The van der Waals surface area contributed by atoms with E-state index in [1.54, 1.807) is 0 Å². The minimum absolute atomic E-state index is 0.558. The van der Waals surface area contributed by atoms with Gasteiger partial charge in [-0.15, -0.1) is 0 Å². The van der Waals surface area contributed by atoms with Crippen molar-refractivity contribution in [3.8, 4) is 0 Å². The van der Waals surface area contributed by atoms with Gasteiger partial charge in [0.15, 0.2) is 5.52 Å². The maximum absolute atomic E-state index is 4.51. The smallest absolute Gasteiger partial charge is 0.302 e. The minimum atomic E-state index is 0.558. The number of rotatable bonds is 3. The molecule has 0 aliphatic heterocycles. The number of nitrogens with zero attached hydrogens (tertiary/aromatic N) is 2. The molecule has 1 aromatic heterocycles. The van der Waals surface area contributed by atoms with Gasteiger partial charge in [0.25, 0.3) is 6.33 Å². The number of para-hydroxylation sites is 1. The Labute approximate surface area is 103 Å². The van der Waals surface area contributed by atoms with Gasteiger partial charge in [-0.05, 0) is 18.8 Å². The second-order valence-corrected chi connectivity index (χ2v) is 4.47. The van der Waals surface area contributed by atoms with Crippen LogP contribution >= 0.6 is 0 Å². The van der Waals surface area contributed by atoms with Gasteiger partial charge in [0.1, 0.15) is 0 Å². The van der Waals surface area contributed by atoms with Crippen LogP contribution in [-0.2, 0) is 0 Å². The van der Waals surface area contributed by atoms with Gasteiger partial charge in [0, 0.05) is 5.56 Å². The van der Waals surface area contributed by atoms with Crippen LogP contribution in [-0.4, -0.2) is 12.4 Å². The van der Waals surface area contributed by atoms with Crippen LogP contribution < -0.4 is 4.48 Å². The molecular weight excluding hydrogens is 207 g/mol. The molecule has 2 nitrogen and oxygen atoms in total. The van der Waals surface area contributed by atoms with E-state index in [2.05, 4.69) is 55.4 Å². The molecule has 0 atom stereocenters. The normalized spacial score (nSPS) is 11.5. The predicted molar refractivity (Wildman–Crippen MR) is 72.8 cm³/mol. The van der Waals surface area contributed by atoms with Crippen molar-refractivity contribution in [1.29, 1.82) is 0 Å². The average Bonchev–Trinajstić information content (AvgIpc) is 2.35. The molecule has 0 unspecified atom stereocenters. The predicted octanol–water partition coefficient (Wildman–Crippen LogP) is 2.71. The highest BCUT2D eigenvalue weighted by Gasteiger charge is 2.07. The van der Waals surface area contributed by atoms with E-state index in [0.717, 1.165) is 10.9 Å². The molecule has 0 aliphatic rings. The lowest BCUT2D eigenvalue weighted by Crippen LogP contribution is -2.37. The third-order valence-corrected chi connectivity index (χ3v) is 2.67. The molecule has 17 heavy (non-hydrogen) atoms. The first-order valence-electron chi connectivity index (χ1n) is 5.98. The maximum Gasteiger partial charge on any atom is 0.393 e. The van der Waals surface area contributed by atoms with Gasteiger partial charge in [-0.25, -0.2) is 0 Å². The minimum Gasteiger partial charge on any atom is -0.302 e. The third kappa shape index (κ3) is 2.73. The second kappa shape index (κ2) is 5.13. The first-order valence-corrected chi connectivity index (χ1v) is 5.98. The first-order chi connectivity index (χ1) is 8.20. The third-order valence-electron chi connectivity index (χ3n) is 2.67. The highest BCUT2D eigenvalue weighted by molar-refractivity contribution is 6.22. The lowest BCUT2D eigenvalue weighted by atomic mass is 9.99. The Morgan fingerprint density at radius 3 is 2.88 bits per heavy atom. The van der Waals surface area contributed by atoms with Crippen LogP contribution in [0.4, 0.5) is 0 Å². The van der Waals surface area contributed by atoms with E-state index in [1.165, 1.54) is 5.56 Å². The van der Waals surface area contributed by atoms with Gasteiger partial charge >= 0.3 is 7.41 Å². The summed E-state index contributed by atoms with van der Waals surface area (Å²) in [7, 11) is 1.99. The van der Waals surface area contributed by atoms with Crippen molar-refractivity contribution in [3.63, 3.8) is 0 Å². The van der Waals surface area contributed by atoms with Crippen LogP contribution in [0.25, 0.3) is 17.0 Å². The highest BCUT2D eigenvalue weighted by atomic mass is 14.9. The second-order valence-electron chi connectivity index (χ2n) is 4.47. The molecule has 0 fully saturated rings. The van der Waals surface area contributed by atoms with Gasteiger partial charge in [-0.3, -0.25) is 0 Å². The summed E-state index contributed by atoms with van der Waals surface area (Å²) in [6.07, 6.45) is 8.29. The van der Waals surface area contributed by atoms with Crippen molar-refractivity contribution < 1.29 is 4.48 Å². The highest BCUT2D eigenvalue weighted by Crippen LogP contribution is 2.16. The zero-order valence-corrected chi connectivity index (χ0v) is 10.6. The zero-order valence-electron chi connectivity index (χ0n) is 10.6. The summed E-state index contributed by atoms with van der Waals surface area (Å²) in [4.78, 5) is 4.51. The van der Waals surface area contributed by atoms with Gasteiger partial charge in [-0.2, -0.15) is 0 Å². The number of aromatic nitrogens is 2. The Morgan fingerprint density at radius 2 is 2.18 bits per heavy atom. The van der Waals surface area contributed by atoms with Crippen molar-refractivity contribution in [2.75, 3.05) is 0 Å². The monoisotopic (exact) mass is 224 g/mol. The van der Waals surface area contributed by atoms with Crippen molar-refractivity contribution in [1.82, 2.24) is 4.98 Å². The van der Waals surface area contributed by atoms with Gasteiger partial charge in [0.05, 0.1) is 11.6 Å². The number of hydrogen-bond acceptors (Lipinski definition) is 1. The van der Waals surface area contributed by atoms with Crippen molar-refractivity contribution in [2.45, 2.75) is 20.7 Å². The summed E-state index contributed by atoms with van der Waals surface area (Å²) in [5.41, 5.74) is 2.24. The van der Waals surface area contributed by atoms with Crippen molar-refractivity contribution >= 4 is 24.4 Å². The van der Waals surface area contributed by atoms with E-state index in [0.29, 0.717) is 5.92 Å². The standard InChI is InChI=1S/C14H17BN2/c1-11(2)7-8-12-5-4-6-13-9-17(15-3)10-16-14(12)13/h4-11H,1-3H3/q+1/b8-7+. The molecular formula is C14H17BN2+. The number of allylic oxidation sites excluding steroid dienone is 1. The fraction of sp³-hybridized carbons (Fsp3) is 0.286. The Kier molecular flexibility index (Phi) is 3.57. The van der Waals surface area contributed by atoms with E-state index in [-0.39, 0.29) is 0 Å². The van der Waals surface area contributed by atoms with Gasteiger partial charge in [-0.1, -0.05) is 43.1 Å². The lowest BCUT2D eigenvalue weighted by Gasteiger charge is -1.99. The molecule has 0 aliphatic carbocycles. The van der Waals surface area contributed by atoms with Crippen LogP contribution in [0.3, 0.4) is 0 Å². The van der Waals surface area contributed by atoms with E-state index in [1.807, 2.05) is 25.0 Å². The SMILES string of the molecule is C[B][n+]1cnc2c(/C=C/C(C)C)cccc2c1. The van der Waals surface area contributed by atoms with Crippen molar-refractivity contribution in [3.05, 3.63) is 42.4 Å². The van der Waals surface area contributed by atoms with Crippen molar-refractivity contribution in [2.24, 2.45) is 5.92 Å². The Morgan fingerprint density at radius 1 is 1.35 bits per heavy atom. The molecule has 2 aromatic rings. The largest absolute Gasteiger partial charge is 0.393 e. The molecule has 0 amide bonds. The molecule has 1 aromatic carbocycles. The summed E-state index contributed by atoms with van der Waals surface area (Å²) in [6, 6.07) is 6.27. The summed E-state index contributed by atoms with van der Waals surface area (Å²) in [6.45, 7) is 6.35. The molecule has 1 radical (unpaired) electrons. The molecule has 0 bridgehead atoms. The van der Waals surface area contributed by atoms with Crippen LogP contribution in [0, 0.1) is 5.92 Å². The maximum atomic E-state index is 4.51. The van der Waals surface area contributed by atoms with E-state index >= 15 is 0 Å². The first kappa shape index (κ1) is 11.8. The molecule has 0 N–H and O–H groups in total. The quantitative estimate of drug-likeness (QED) is 0.732. The molecule has 0 spiro atoms. The van der Waals surface area contributed by atoms with Crippen LogP contribution in [0.5, 0.6) is 0 Å². The molecule has 2 rings (SSSR count). The van der Waals surface area contributed by atoms with E-state index in [9.17, 15) is 0 Å². The zero-order chi connectivity index (χ0) is 12.3. The van der Waals surface area contributed by atoms with Crippen LogP contribution in [0.1, 0.15) is 19.4 Å². The summed E-state index contributed by atoms with van der Waals surface area (Å²) >= 11 is 0. The number of hydrogen-bond donors (Lipinski definition) is 0. The number of fused-ring (bicyclic) bond motifs is 1. The summed E-state index contributed by atoms with van der Waals surface area (Å²) in [5.74, 6) is 0.558. The van der Waals surface area contributed by atoms with E-state index in [4.69, 9.17) is 0 Å². The van der Waals surface area contributed by atoms with Crippen LogP contribution in [0.2, 0.25) is 6.82 Å². The fourth-order valence-electron chi connectivity index (χ4n) is 1.72. The van der Waals surface area contributed by atoms with Gasteiger partial charge < -0.3 is 4.48 Å². The van der Waals surface area contributed by atoms with Gasteiger partial charge in [0.2, 0.25) is 0 Å². The molecule has 3 heteroatoms. The van der Waals surface area contributed by atoms with Crippen LogP contribution in [0.15, 0.2) is 36.8 Å². The van der Waals surface area contributed by atoms with E-state index < -0.39 is 0 Å². The average molecular weight is 224 g/mol. The molecule has 85 valence electrons. The Hall–Kier alpha value is -1.64. The molecule has 1 heterocycles. The topological polar surface area (TPSA) is 16.8 Å². The summed E-state index contributed by atoms with van der Waals surface area (Å²) in [5, 5.41) is 1.16. The summed E-state index contributed by atoms with van der Waals surface area (Å²) < 4.78 is 1.97.